The first kappa shape index (κ1) is 15.2. The van der Waals surface area contributed by atoms with Crippen LogP contribution < -0.4 is 10.1 Å². The van der Waals surface area contributed by atoms with Gasteiger partial charge in [0.15, 0.2) is 0 Å². The molecule has 0 fully saturated rings. The second-order valence-electron chi connectivity index (χ2n) is 5.45. The van der Waals surface area contributed by atoms with Crippen molar-refractivity contribution in [3.05, 3.63) is 65.9 Å². The molecule has 0 aliphatic rings. The zero-order valence-corrected chi connectivity index (χ0v) is 13.1. The Morgan fingerprint density at radius 2 is 1.91 bits per heavy atom. The summed E-state index contributed by atoms with van der Waals surface area (Å²) in [6, 6.07) is 17.5. The van der Waals surface area contributed by atoms with Gasteiger partial charge in [-0.15, -0.1) is 0 Å². The van der Waals surface area contributed by atoms with Crippen LogP contribution in [-0.4, -0.2) is 17.5 Å². The standard InChI is InChI=1S/C19H20N2O2/c1-2-11-23-16-9-7-14(8-10-16)13-20-19(22)18-12-15-5-3-4-6-17(15)21-18/h3-10,12,21H,2,11,13H2,1H3,(H,20,22). The van der Waals surface area contributed by atoms with E-state index >= 15 is 0 Å². The van der Waals surface area contributed by atoms with E-state index in [1.165, 1.54) is 0 Å². The van der Waals surface area contributed by atoms with Crippen LogP contribution in [0.2, 0.25) is 0 Å². The highest BCUT2D eigenvalue weighted by Crippen LogP contribution is 2.15. The molecule has 0 saturated carbocycles. The molecule has 3 rings (SSSR count). The van der Waals surface area contributed by atoms with E-state index in [2.05, 4.69) is 17.2 Å². The maximum Gasteiger partial charge on any atom is 0.267 e. The number of para-hydroxylation sites is 1. The molecule has 0 spiro atoms. The average molecular weight is 308 g/mol. The topological polar surface area (TPSA) is 54.1 Å². The summed E-state index contributed by atoms with van der Waals surface area (Å²) >= 11 is 0. The van der Waals surface area contributed by atoms with Gasteiger partial charge in [-0.2, -0.15) is 0 Å². The van der Waals surface area contributed by atoms with Crippen molar-refractivity contribution >= 4 is 16.8 Å². The fraction of sp³-hybridized carbons (Fsp3) is 0.211. The van der Waals surface area contributed by atoms with Crippen LogP contribution in [0.3, 0.4) is 0 Å². The van der Waals surface area contributed by atoms with Crippen LogP contribution in [0.15, 0.2) is 54.6 Å². The molecule has 2 N–H and O–H groups in total. The summed E-state index contributed by atoms with van der Waals surface area (Å²) in [5, 5.41) is 3.96. The van der Waals surface area contributed by atoms with Gasteiger partial charge in [0.1, 0.15) is 11.4 Å². The highest BCUT2D eigenvalue weighted by molar-refractivity contribution is 5.97. The number of ether oxygens (including phenoxy) is 1. The smallest absolute Gasteiger partial charge is 0.267 e. The number of aromatic amines is 1. The molecule has 4 nitrogen and oxygen atoms in total. The number of hydrogen-bond acceptors (Lipinski definition) is 2. The zero-order chi connectivity index (χ0) is 16.1. The molecule has 0 aliphatic heterocycles. The van der Waals surface area contributed by atoms with Gasteiger partial charge in [0.25, 0.3) is 5.91 Å². The number of fused-ring (bicyclic) bond motifs is 1. The largest absolute Gasteiger partial charge is 0.494 e. The maximum atomic E-state index is 12.2. The van der Waals surface area contributed by atoms with Crippen molar-refractivity contribution in [2.75, 3.05) is 6.61 Å². The third-order valence-electron chi connectivity index (χ3n) is 3.62. The van der Waals surface area contributed by atoms with E-state index in [1.54, 1.807) is 0 Å². The number of hydrogen-bond donors (Lipinski definition) is 2. The molecule has 1 heterocycles. The lowest BCUT2D eigenvalue weighted by molar-refractivity contribution is 0.0947. The molecular formula is C19H20N2O2. The Kier molecular flexibility index (Phi) is 4.62. The van der Waals surface area contributed by atoms with E-state index in [4.69, 9.17) is 4.74 Å². The van der Waals surface area contributed by atoms with E-state index in [9.17, 15) is 4.79 Å². The second-order valence-corrected chi connectivity index (χ2v) is 5.45. The van der Waals surface area contributed by atoms with E-state index < -0.39 is 0 Å². The van der Waals surface area contributed by atoms with Gasteiger partial charge in [0.05, 0.1) is 6.61 Å². The zero-order valence-electron chi connectivity index (χ0n) is 13.1. The van der Waals surface area contributed by atoms with E-state index in [0.29, 0.717) is 12.2 Å². The predicted octanol–water partition coefficient (Wildman–Crippen LogP) is 3.89. The van der Waals surface area contributed by atoms with Crippen molar-refractivity contribution < 1.29 is 9.53 Å². The number of amides is 1. The summed E-state index contributed by atoms with van der Waals surface area (Å²) in [6.07, 6.45) is 0.988. The third-order valence-corrected chi connectivity index (χ3v) is 3.62. The van der Waals surface area contributed by atoms with Crippen molar-refractivity contribution in [1.29, 1.82) is 0 Å². The van der Waals surface area contributed by atoms with Crippen LogP contribution in [0.25, 0.3) is 10.9 Å². The number of rotatable bonds is 6. The lowest BCUT2D eigenvalue weighted by Crippen LogP contribution is -2.23. The van der Waals surface area contributed by atoms with E-state index in [1.807, 2.05) is 54.6 Å². The van der Waals surface area contributed by atoms with Gasteiger partial charge in [0, 0.05) is 17.4 Å². The minimum atomic E-state index is -0.104. The van der Waals surface area contributed by atoms with Gasteiger partial charge in [-0.25, -0.2) is 0 Å². The number of aromatic nitrogens is 1. The highest BCUT2D eigenvalue weighted by atomic mass is 16.5. The summed E-state index contributed by atoms with van der Waals surface area (Å²) in [6.45, 7) is 3.28. The number of carbonyl (C=O) groups is 1. The molecule has 4 heteroatoms. The van der Waals surface area contributed by atoms with Gasteiger partial charge >= 0.3 is 0 Å². The lowest BCUT2D eigenvalue weighted by atomic mass is 10.2. The summed E-state index contributed by atoms with van der Waals surface area (Å²) in [7, 11) is 0. The predicted molar refractivity (Wildman–Crippen MR) is 91.7 cm³/mol. The first-order valence-corrected chi connectivity index (χ1v) is 7.84. The molecule has 1 aromatic heterocycles. The number of nitrogens with one attached hydrogen (secondary N) is 2. The van der Waals surface area contributed by atoms with Crippen LogP contribution in [0.4, 0.5) is 0 Å². The average Bonchev–Trinajstić information content (AvgIpc) is 3.03. The van der Waals surface area contributed by atoms with Gasteiger partial charge in [-0.1, -0.05) is 37.3 Å². The van der Waals surface area contributed by atoms with E-state index in [0.717, 1.165) is 35.2 Å². The highest BCUT2D eigenvalue weighted by Gasteiger charge is 2.08. The number of benzene rings is 2. The molecule has 3 aromatic rings. The minimum Gasteiger partial charge on any atom is -0.494 e. The summed E-state index contributed by atoms with van der Waals surface area (Å²) in [5.74, 6) is 0.755. The van der Waals surface area contributed by atoms with Crippen molar-refractivity contribution in [1.82, 2.24) is 10.3 Å². The minimum absolute atomic E-state index is 0.104. The summed E-state index contributed by atoms with van der Waals surface area (Å²) in [4.78, 5) is 15.4. The van der Waals surface area contributed by atoms with Crippen LogP contribution in [0.1, 0.15) is 29.4 Å². The molecule has 0 aliphatic carbocycles. The molecule has 0 unspecified atom stereocenters. The van der Waals surface area contributed by atoms with E-state index in [-0.39, 0.29) is 5.91 Å². The van der Waals surface area contributed by atoms with Crippen LogP contribution >= 0.6 is 0 Å². The van der Waals surface area contributed by atoms with Gasteiger partial charge < -0.3 is 15.0 Å². The Labute approximate surface area is 135 Å². The third kappa shape index (κ3) is 3.72. The van der Waals surface area contributed by atoms with Crippen LogP contribution in [0, 0.1) is 0 Å². The molecule has 0 saturated heterocycles. The molecule has 0 radical (unpaired) electrons. The molecular weight excluding hydrogens is 288 g/mol. The van der Waals surface area contributed by atoms with Crippen molar-refractivity contribution in [3.8, 4) is 5.75 Å². The molecule has 23 heavy (non-hydrogen) atoms. The first-order chi connectivity index (χ1) is 11.3. The first-order valence-electron chi connectivity index (χ1n) is 7.84. The lowest BCUT2D eigenvalue weighted by Gasteiger charge is -2.07. The maximum absolute atomic E-state index is 12.2. The summed E-state index contributed by atoms with van der Waals surface area (Å²) in [5.41, 5.74) is 2.59. The quantitative estimate of drug-likeness (QED) is 0.726. The van der Waals surface area contributed by atoms with Crippen LogP contribution in [-0.2, 0) is 6.54 Å². The van der Waals surface area contributed by atoms with Gasteiger partial charge in [-0.05, 0) is 36.2 Å². The fourth-order valence-electron chi connectivity index (χ4n) is 2.40. The fourth-order valence-corrected chi connectivity index (χ4v) is 2.40. The number of carbonyl (C=O) groups excluding carboxylic acids is 1. The van der Waals surface area contributed by atoms with Crippen molar-refractivity contribution in [2.45, 2.75) is 19.9 Å². The summed E-state index contributed by atoms with van der Waals surface area (Å²) < 4.78 is 5.55. The van der Waals surface area contributed by atoms with Gasteiger partial charge in [-0.3, -0.25) is 4.79 Å². The molecule has 1 amide bonds. The Morgan fingerprint density at radius 1 is 1.13 bits per heavy atom. The molecule has 2 aromatic carbocycles. The van der Waals surface area contributed by atoms with Crippen molar-refractivity contribution in [3.63, 3.8) is 0 Å². The Bertz CT molecular complexity index is 757. The number of H-pyrrole nitrogens is 1. The van der Waals surface area contributed by atoms with Crippen molar-refractivity contribution in [2.24, 2.45) is 0 Å². The normalized spacial score (nSPS) is 10.7. The monoisotopic (exact) mass is 308 g/mol. The SMILES string of the molecule is CCCOc1ccc(CNC(=O)c2cc3ccccc3[nH]2)cc1. The Balaban J connectivity index is 1.60. The second kappa shape index (κ2) is 7.01. The van der Waals surface area contributed by atoms with Gasteiger partial charge in [0.2, 0.25) is 0 Å². The molecule has 0 atom stereocenters. The Hall–Kier alpha value is -2.75. The molecule has 0 bridgehead atoms. The van der Waals surface area contributed by atoms with Crippen LogP contribution in [0.5, 0.6) is 5.75 Å². The Morgan fingerprint density at radius 3 is 2.65 bits per heavy atom. The molecule has 118 valence electrons.